The molecule has 0 spiro atoms. The first-order valence-corrected chi connectivity index (χ1v) is 9.04. The summed E-state index contributed by atoms with van der Waals surface area (Å²) < 4.78 is 16.6. The van der Waals surface area contributed by atoms with E-state index in [9.17, 15) is 4.79 Å². The first-order chi connectivity index (χ1) is 12.1. The van der Waals surface area contributed by atoms with Gasteiger partial charge >= 0.3 is 6.03 Å². The second-order valence-corrected chi connectivity index (χ2v) is 6.75. The lowest BCUT2D eigenvalue weighted by molar-refractivity contribution is 0.0829. The van der Waals surface area contributed by atoms with Gasteiger partial charge in [0.05, 0.1) is 32.4 Å². The van der Waals surface area contributed by atoms with E-state index in [2.05, 4.69) is 5.32 Å². The van der Waals surface area contributed by atoms with Crippen molar-refractivity contribution in [2.45, 2.75) is 50.8 Å². The topological polar surface area (TPSA) is 60.0 Å². The molecule has 6 heteroatoms. The maximum atomic E-state index is 12.8. The minimum atomic E-state index is -0.0321. The number of urea groups is 1. The molecule has 2 aliphatic rings. The van der Waals surface area contributed by atoms with Gasteiger partial charge in [0.25, 0.3) is 0 Å². The molecular weight excluding hydrogens is 320 g/mol. The van der Waals surface area contributed by atoms with Gasteiger partial charge < -0.3 is 24.4 Å². The molecule has 3 rings (SSSR count). The summed E-state index contributed by atoms with van der Waals surface area (Å²) in [6.07, 6.45) is 4.10. The third kappa shape index (κ3) is 3.84. The van der Waals surface area contributed by atoms with E-state index in [1.165, 1.54) is 0 Å². The Balaban J connectivity index is 1.74. The summed E-state index contributed by atoms with van der Waals surface area (Å²) in [6, 6.07) is 5.73. The van der Waals surface area contributed by atoms with Gasteiger partial charge in [0.1, 0.15) is 11.5 Å². The number of nitrogens with zero attached hydrogens (tertiary/aromatic N) is 1. The van der Waals surface area contributed by atoms with Crippen molar-refractivity contribution in [3.8, 4) is 11.5 Å². The highest BCUT2D eigenvalue weighted by atomic mass is 16.5. The molecule has 0 aromatic heterocycles. The van der Waals surface area contributed by atoms with E-state index in [1.54, 1.807) is 14.2 Å². The maximum Gasteiger partial charge on any atom is 0.318 e. The molecule has 6 nitrogen and oxygen atoms in total. The Hall–Kier alpha value is -1.95. The third-order valence-corrected chi connectivity index (χ3v) is 5.18. The summed E-state index contributed by atoms with van der Waals surface area (Å²) in [6.45, 7) is 3.55. The number of hydrogen-bond acceptors (Lipinski definition) is 4. The number of amides is 2. The van der Waals surface area contributed by atoms with Crippen LogP contribution in [0.1, 0.15) is 44.2 Å². The highest BCUT2D eigenvalue weighted by molar-refractivity contribution is 5.75. The Kier molecular flexibility index (Phi) is 5.68. The summed E-state index contributed by atoms with van der Waals surface area (Å²) in [7, 11) is 3.30. The molecule has 2 fully saturated rings. The molecule has 3 atom stereocenters. The Bertz CT molecular complexity index is 601. The molecular formula is C19H28N2O4. The van der Waals surface area contributed by atoms with E-state index >= 15 is 0 Å². The number of hydrogen-bond donors (Lipinski definition) is 1. The quantitative estimate of drug-likeness (QED) is 0.888. The van der Waals surface area contributed by atoms with Gasteiger partial charge in [0.15, 0.2) is 0 Å². The monoisotopic (exact) mass is 348 g/mol. The number of rotatable bonds is 5. The maximum absolute atomic E-state index is 12.8. The zero-order valence-electron chi connectivity index (χ0n) is 15.3. The van der Waals surface area contributed by atoms with E-state index in [0.29, 0.717) is 0 Å². The SMILES string of the molecule is COc1ccc(OC)c([C@@H]2CCCN2C(=O)N[C@@H](C)[C@@H]2CCCO2)c1. The Labute approximate surface area is 149 Å². The fourth-order valence-corrected chi connectivity index (χ4v) is 3.80. The van der Waals surface area contributed by atoms with Gasteiger partial charge in [-0.05, 0) is 50.8 Å². The molecule has 2 aliphatic heterocycles. The minimum absolute atomic E-state index is 0.00162. The molecule has 0 bridgehead atoms. The molecule has 138 valence electrons. The Morgan fingerprint density at radius 1 is 1.28 bits per heavy atom. The summed E-state index contributed by atoms with van der Waals surface area (Å²) in [5, 5.41) is 3.12. The van der Waals surface area contributed by atoms with Gasteiger partial charge in [0.2, 0.25) is 0 Å². The molecule has 0 radical (unpaired) electrons. The van der Waals surface area contributed by atoms with Gasteiger partial charge in [-0.2, -0.15) is 0 Å². The average Bonchev–Trinajstić information content (AvgIpc) is 3.32. The third-order valence-electron chi connectivity index (χ3n) is 5.18. The van der Waals surface area contributed by atoms with Crippen LogP contribution in [0.2, 0.25) is 0 Å². The van der Waals surface area contributed by atoms with Crippen molar-refractivity contribution in [1.29, 1.82) is 0 Å². The van der Waals surface area contributed by atoms with Crippen LogP contribution < -0.4 is 14.8 Å². The molecule has 2 heterocycles. The van der Waals surface area contributed by atoms with E-state index in [4.69, 9.17) is 14.2 Å². The molecule has 1 N–H and O–H groups in total. The van der Waals surface area contributed by atoms with Crippen LogP contribution in [0.4, 0.5) is 4.79 Å². The molecule has 1 aromatic carbocycles. The lowest BCUT2D eigenvalue weighted by Gasteiger charge is -2.29. The van der Waals surface area contributed by atoms with Gasteiger partial charge in [0, 0.05) is 18.7 Å². The van der Waals surface area contributed by atoms with Crippen LogP contribution >= 0.6 is 0 Å². The normalized spacial score (nSPS) is 24.2. The molecule has 1 aromatic rings. The lowest BCUT2D eigenvalue weighted by atomic mass is 10.0. The van der Waals surface area contributed by atoms with Crippen LogP contribution in [0.5, 0.6) is 11.5 Å². The number of benzene rings is 1. The first kappa shape index (κ1) is 17.9. The average molecular weight is 348 g/mol. The highest BCUT2D eigenvalue weighted by Gasteiger charge is 2.34. The number of carbonyl (C=O) groups is 1. The number of ether oxygens (including phenoxy) is 3. The summed E-state index contributed by atoms with van der Waals surface area (Å²) in [4.78, 5) is 14.7. The van der Waals surface area contributed by atoms with Crippen LogP contribution in [0.25, 0.3) is 0 Å². The Morgan fingerprint density at radius 2 is 2.12 bits per heavy atom. The molecule has 25 heavy (non-hydrogen) atoms. The van der Waals surface area contributed by atoms with Crippen molar-refractivity contribution in [2.75, 3.05) is 27.4 Å². The minimum Gasteiger partial charge on any atom is -0.497 e. The van der Waals surface area contributed by atoms with Crippen LogP contribution in [0, 0.1) is 0 Å². The number of likely N-dealkylation sites (tertiary alicyclic amines) is 1. The predicted molar refractivity (Wildman–Crippen MR) is 95.2 cm³/mol. The van der Waals surface area contributed by atoms with E-state index in [0.717, 1.165) is 55.9 Å². The van der Waals surface area contributed by atoms with Crippen molar-refractivity contribution in [3.63, 3.8) is 0 Å². The largest absolute Gasteiger partial charge is 0.497 e. The molecule has 0 aliphatic carbocycles. The summed E-state index contributed by atoms with van der Waals surface area (Å²) >= 11 is 0. The van der Waals surface area contributed by atoms with Crippen molar-refractivity contribution < 1.29 is 19.0 Å². The highest BCUT2D eigenvalue weighted by Crippen LogP contribution is 2.38. The molecule has 0 saturated carbocycles. The fraction of sp³-hybridized carbons (Fsp3) is 0.632. The van der Waals surface area contributed by atoms with Gasteiger partial charge in [-0.25, -0.2) is 4.79 Å². The van der Waals surface area contributed by atoms with E-state index < -0.39 is 0 Å². The predicted octanol–water partition coefficient (Wildman–Crippen LogP) is 3.12. The first-order valence-electron chi connectivity index (χ1n) is 9.04. The van der Waals surface area contributed by atoms with Crippen LogP contribution in [0.3, 0.4) is 0 Å². The van der Waals surface area contributed by atoms with E-state index in [-0.39, 0.29) is 24.2 Å². The van der Waals surface area contributed by atoms with Gasteiger partial charge in [-0.15, -0.1) is 0 Å². The second kappa shape index (κ2) is 7.95. The Morgan fingerprint density at radius 3 is 2.80 bits per heavy atom. The van der Waals surface area contributed by atoms with Crippen molar-refractivity contribution in [2.24, 2.45) is 0 Å². The molecule has 0 unspecified atom stereocenters. The zero-order valence-corrected chi connectivity index (χ0v) is 15.3. The lowest BCUT2D eigenvalue weighted by Crippen LogP contribution is -2.47. The fourth-order valence-electron chi connectivity index (χ4n) is 3.80. The van der Waals surface area contributed by atoms with Crippen LogP contribution in [-0.4, -0.2) is 50.4 Å². The number of carbonyl (C=O) groups excluding carboxylic acids is 1. The second-order valence-electron chi connectivity index (χ2n) is 6.75. The summed E-state index contributed by atoms with van der Waals surface area (Å²) in [5.74, 6) is 1.56. The van der Waals surface area contributed by atoms with Crippen molar-refractivity contribution in [3.05, 3.63) is 23.8 Å². The summed E-state index contributed by atoms with van der Waals surface area (Å²) in [5.41, 5.74) is 0.999. The van der Waals surface area contributed by atoms with Crippen molar-refractivity contribution >= 4 is 6.03 Å². The van der Waals surface area contributed by atoms with Crippen LogP contribution in [0.15, 0.2) is 18.2 Å². The number of nitrogens with one attached hydrogen (secondary N) is 1. The number of methoxy groups -OCH3 is 2. The smallest absolute Gasteiger partial charge is 0.318 e. The molecule has 2 saturated heterocycles. The van der Waals surface area contributed by atoms with E-state index in [1.807, 2.05) is 30.0 Å². The van der Waals surface area contributed by atoms with Gasteiger partial charge in [-0.1, -0.05) is 0 Å². The van der Waals surface area contributed by atoms with Crippen LogP contribution in [-0.2, 0) is 4.74 Å². The van der Waals surface area contributed by atoms with Gasteiger partial charge in [-0.3, -0.25) is 0 Å². The molecule has 2 amide bonds. The van der Waals surface area contributed by atoms with Crippen molar-refractivity contribution in [1.82, 2.24) is 10.2 Å². The zero-order chi connectivity index (χ0) is 17.8. The standard InChI is InChI=1S/C19H28N2O4/c1-13(17-7-5-11-25-17)20-19(22)21-10-4-6-16(21)15-12-14(23-2)8-9-18(15)24-3/h8-9,12-13,16-17H,4-7,10-11H2,1-3H3,(H,20,22)/t13-,16-,17-/m0/s1.